The molecule has 0 aliphatic heterocycles. The first kappa shape index (κ1) is 15.1. The maximum absolute atomic E-state index is 12.9. The van der Waals surface area contributed by atoms with E-state index in [2.05, 4.69) is 5.32 Å². The van der Waals surface area contributed by atoms with Gasteiger partial charge in [-0.2, -0.15) is 0 Å². The summed E-state index contributed by atoms with van der Waals surface area (Å²) in [4.78, 5) is 22.1. The molecule has 1 aromatic carbocycles. The summed E-state index contributed by atoms with van der Waals surface area (Å²) < 4.78 is 12.9. The van der Waals surface area contributed by atoms with E-state index in [9.17, 15) is 14.0 Å². The van der Waals surface area contributed by atoms with Crippen molar-refractivity contribution in [2.24, 2.45) is 11.5 Å². The first-order chi connectivity index (χ1) is 8.90. The van der Waals surface area contributed by atoms with Crippen LogP contribution in [0.15, 0.2) is 18.2 Å². The average Bonchev–Trinajstić information content (AvgIpc) is 2.30. The van der Waals surface area contributed by atoms with Crippen LogP contribution >= 0.6 is 0 Å². The number of halogens is 1. The maximum atomic E-state index is 12.9. The van der Waals surface area contributed by atoms with Crippen LogP contribution in [0.3, 0.4) is 0 Å². The number of hydrogen-bond acceptors (Lipinski definition) is 3. The Hall–Kier alpha value is -1.95. The van der Waals surface area contributed by atoms with Crippen molar-refractivity contribution in [1.82, 2.24) is 5.32 Å². The number of nitrogens with two attached hydrogens (primary N) is 2. The molecule has 0 aliphatic carbocycles. The molecular weight excluding hydrogens is 249 g/mol. The van der Waals surface area contributed by atoms with Crippen molar-refractivity contribution in [1.29, 1.82) is 0 Å². The number of carbonyl (C=O) groups is 2. The Kier molecular flexibility index (Phi) is 5.44. The number of hydrogen-bond donors (Lipinski definition) is 3. The zero-order valence-electron chi connectivity index (χ0n) is 10.8. The Morgan fingerprint density at radius 3 is 2.68 bits per heavy atom. The highest BCUT2D eigenvalue weighted by atomic mass is 19.1. The zero-order valence-corrected chi connectivity index (χ0v) is 10.8. The van der Waals surface area contributed by atoms with E-state index in [-0.39, 0.29) is 12.2 Å². The molecule has 2 amide bonds. The second-order valence-electron chi connectivity index (χ2n) is 4.39. The summed E-state index contributed by atoms with van der Waals surface area (Å²) in [6.45, 7) is 2.18. The zero-order chi connectivity index (χ0) is 14.4. The fourth-order valence-corrected chi connectivity index (χ4v) is 1.70. The van der Waals surface area contributed by atoms with Crippen LogP contribution in [0.5, 0.6) is 0 Å². The second-order valence-corrected chi connectivity index (χ2v) is 4.39. The van der Waals surface area contributed by atoms with Crippen molar-refractivity contribution in [3.63, 3.8) is 0 Å². The molecule has 0 fully saturated rings. The SMILES string of the molecule is Cc1cc(F)ccc1CCNC(=O)C(N)CC(N)=O. The summed E-state index contributed by atoms with van der Waals surface area (Å²) >= 11 is 0. The minimum atomic E-state index is -0.924. The van der Waals surface area contributed by atoms with Gasteiger partial charge in [-0.05, 0) is 36.6 Å². The molecule has 0 radical (unpaired) electrons. The summed E-state index contributed by atoms with van der Waals surface area (Å²) in [7, 11) is 0. The van der Waals surface area contributed by atoms with Gasteiger partial charge in [-0.15, -0.1) is 0 Å². The van der Waals surface area contributed by atoms with Gasteiger partial charge in [0.15, 0.2) is 0 Å². The van der Waals surface area contributed by atoms with Gasteiger partial charge in [-0.3, -0.25) is 9.59 Å². The van der Waals surface area contributed by atoms with E-state index in [4.69, 9.17) is 11.5 Å². The van der Waals surface area contributed by atoms with Gasteiger partial charge < -0.3 is 16.8 Å². The van der Waals surface area contributed by atoms with Gasteiger partial charge in [-0.1, -0.05) is 6.07 Å². The highest BCUT2D eigenvalue weighted by molar-refractivity contribution is 5.87. The van der Waals surface area contributed by atoms with Crippen LogP contribution in [0.2, 0.25) is 0 Å². The highest BCUT2D eigenvalue weighted by Crippen LogP contribution is 2.10. The van der Waals surface area contributed by atoms with E-state index < -0.39 is 17.9 Å². The molecular formula is C13H18FN3O2. The molecule has 0 aromatic heterocycles. The number of primary amides is 1. The van der Waals surface area contributed by atoms with E-state index in [1.807, 2.05) is 0 Å². The first-order valence-electron chi connectivity index (χ1n) is 5.96. The highest BCUT2D eigenvalue weighted by Gasteiger charge is 2.15. The van der Waals surface area contributed by atoms with Crippen molar-refractivity contribution in [3.05, 3.63) is 35.1 Å². The van der Waals surface area contributed by atoms with Crippen LogP contribution in [0.25, 0.3) is 0 Å². The monoisotopic (exact) mass is 267 g/mol. The lowest BCUT2D eigenvalue weighted by atomic mass is 10.1. The van der Waals surface area contributed by atoms with Crippen LogP contribution in [0, 0.1) is 12.7 Å². The Morgan fingerprint density at radius 2 is 2.11 bits per heavy atom. The molecule has 0 aliphatic rings. The maximum Gasteiger partial charge on any atom is 0.237 e. The molecule has 104 valence electrons. The number of amides is 2. The van der Waals surface area contributed by atoms with Crippen molar-refractivity contribution in [2.45, 2.75) is 25.8 Å². The Labute approximate surface area is 111 Å². The average molecular weight is 267 g/mol. The predicted molar refractivity (Wildman–Crippen MR) is 69.6 cm³/mol. The van der Waals surface area contributed by atoms with Gasteiger partial charge >= 0.3 is 0 Å². The first-order valence-corrected chi connectivity index (χ1v) is 5.96. The Bertz CT molecular complexity index is 477. The van der Waals surface area contributed by atoms with Crippen molar-refractivity contribution >= 4 is 11.8 Å². The van der Waals surface area contributed by atoms with E-state index in [1.54, 1.807) is 13.0 Å². The molecule has 0 bridgehead atoms. The Morgan fingerprint density at radius 1 is 1.42 bits per heavy atom. The Balaban J connectivity index is 2.41. The number of nitrogens with one attached hydrogen (secondary N) is 1. The minimum Gasteiger partial charge on any atom is -0.370 e. The number of carbonyl (C=O) groups excluding carboxylic acids is 2. The molecule has 19 heavy (non-hydrogen) atoms. The molecule has 0 spiro atoms. The van der Waals surface area contributed by atoms with Crippen LogP contribution in [-0.4, -0.2) is 24.4 Å². The smallest absolute Gasteiger partial charge is 0.237 e. The van der Waals surface area contributed by atoms with Crippen LogP contribution in [0.1, 0.15) is 17.5 Å². The van der Waals surface area contributed by atoms with Crippen LogP contribution in [0.4, 0.5) is 4.39 Å². The topological polar surface area (TPSA) is 98.2 Å². The lowest BCUT2D eigenvalue weighted by Crippen LogP contribution is -2.43. The van der Waals surface area contributed by atoms with Crippen LogP contribution < -0.4 is 16.8 Å². The third-order valence-corrected chi connectivity index (χ3v) is 2.76. The second kappa shape index (κ2) is 6.84. The van der Waals surface area contributed by atoms with E-state index in [0.29, 0.717) is 13.0 Å². The van der Waals surface area contributed by atoms with Crippen LogP contribution in [-0.2, 0) is 16.0 Å². The van der Waals surface area contributed by atoms with Gasteiger partial charge in [0.1, 0.15) is 5.82 Å². The number of benzene rings is 1. The third-order valence-electron chi connectivity index (χ3n) is 2.76. The minimum absolute atomic E-state index is 0.179. The van der Waals surface area contributed by atoms with Crippen molar-refractivity contribution < 1.29 is 14.0 Å². The van der Waals surface area contributed by atoms with Crippen molar-refractivity contribution in [2.75, 3.05) is 6.54 Å². The van der Waals surface area contributed by atoms with Gasteiger partial charge in [-0.25, -0.2) is 4.39 Å². The predicted octanol–water partition coefficient (Wildman–Crippen LogP) is -0.00448. The molecule has 5 nitrogen and oxygen atoms in total. The fraction of sp³-hybridized carbons (Fsp3) is 0.385. The summed E-state index contributed by atoms with van der Waals surface area (Å²) in [5, 5.41) is 2.61. The van der Waals surface area contributed by atoms with Crippen molar-refractivity contribution in [3.8, 4) is 0 Å². The normalized spacial score (nSPS) is 11.9. The van der Waals surface area contributed by atoms with Gasteiger partial charge in [0, 0.05) is 6.54 Å². The lowest BCUT2D eigenvalue weighted by Gasteiger charge is -2.11. The van der Waals surface area contributed by atoms with E-state index in [0.717, 1.165) is 11.1 Å². The molecule has 0 saturated heterocycles. The lowest BCUT2D eigenvalue weighted by molar-refractivity contribution is -0.126. The molecule has 1 atom stereocenters. The number of aryl methyl sites for hydroxylation is 1. The molecule has 1 rings (SSSR count). The van der Waals surface area contributed by atoms with Gasteiger partial charge in [0.25, 0.3) is 0 Å². The van der Waals surface area contributed by atoms with Gasteiger partial charge in [0.05, 0.1) is 12.5 Å². The molecule has 0 heterocycles. The third kappa shape index (κ3) is 5.05. The largest absolute Gasteiger partial charge is 0.370 e. The van der Waals surface area contributed by atoms with E-state index in [1.165, 1.54) is 12.1 Å². The quantitative estimate of drug-likeness (QED) is 0.676. The number of rotatable bonds is 6. The molecule has 5 N–H and O–H groups in total. The fourth-order valence-electron chi connectivity index (χ4n) is 1.70. The molecule has 1 aromatic rings. The summed E-state index contributed by atoms with van der Waals surface area (Å²) in [6.07, 6.45) is 0.391. The van der Waals surface area contributed by atoms with E-state index >= 15 is 0 Å². The molecule has 0 saturated carbocycles. The standard InChI is InChI=1S/C13H18FN3O2/c1-8-6-10(14)3-2-9(8)4-5-17-13(19)11(15)7-12(16)18/h2-3,6,11H,4-5,7,15H2,1H3,(H2,16,18)(H,17,19). The van der Waals surface area contributed by atoms with Gasteiger partial charge in [0.2, 0.25) is 11.8 Å². The summed E-state index contributed by atoms with van der Waals surface area (Å²) in [6, 6.07) is 3.57. The molecule has 1 unspecified atom stereocenters. The summed E-state index contributed by atoms with van der Waals surface area (Å²) in [5.74, 6) is -1.32. The summed E-state index contributed by atoms with van der Waals surface area (Å²) in [5.41, 5.74) is 12.2. The molecule has 6 heteroatoms.